The Bertz CT molecular complexity index is 916. The Morgan fingerprint density at radius 2 is 1.32 bits per heavy atom. The number of benzene rings is 3. The zero-order valence-corrected chi connectivity index (χ0v) is 18.0. The van der Waals surface area contributed by atoms with Gasteiger partial charge < -0.3 is 9.64 Å². The lowest BCUT2D eigenvalue weighted by atomic mass is 9.74. The van der Waals surface area contributed by atoms with Crippen molar-refractivity contribution in [2.45, 2.75) is 31.7 Å². The summed E-state index contributed by atoms with van der Waals surface area (Å²) in [5.74, 6) is -0.271. The van der Waals surface area contributed by atoms with E-state index < -0.39 is 5.54 Å². The van der Waals surface area contributed by atoms with Crippen molar-refractivity contribution >= 4 is 5.97 Å². The first-order valence-electron chi connectivity index (χ1n) is 11.1. The number of nitrogens with zero attached hydrogens (tertiary/aromatic N) is 1. The highest BCUT2D eigenvalue weighted by atomic mass is 16.5. The van der Waals surface area contributed by atoms with Gasteiger partial charge in [-0.3, -0.25) is 0 Å². The van der Waals surface area contributed by atoms with E-state index in [9.17, 15) is 4.79 Å². The molecule has 1 heterocycles. The molecule has 0 unspecified atom stereocenters. The molecule has 0 saturated carbocycles. The van der Waals surface area contributed by atoms with Crippen LogP contribution in [0.2, 0.25) is 0 Å². The maximum absolute atomic E-state index is 12.5. The van der Waals surface area contributed by atoms with Crippen molar-refractivity contribution in [3.63, 3.8) is 0 Å². The molecule has 0 atom stereocenters. The molecule has 3 aromatic carbocycles. The minimum absolute atomic E-state index is 0.271. The SMILES string of the molecule is CCOC(=O)C=C1CCCCN1C(c1ccccc1)(c1ccccc1)c1ccccc1. The van der Waals surface area contributed by atoms with E-state index in [0.717, 1.165) is 31.5 Å². The largest absolute Gasteiger partial charge is 0.463 e. The van der Waals surface area contributed by atoms with Crippen LogP contribution in [0.15, 0.2) is 103 Å². The van der Waals surface area contributed by atoms with Gasteiger partial charge in [0.05, 0.1) is 6.61 Å². The molecule has 158 valence electrons. The molecular weight excluding hydrogens is 382 g/mol. The summed E-state index contributed by atoms with van der Waals surface area (Å²) >= 11 is 0. The first kappa shape index (κ1) is 20.9. The summed E-state index contributed by atoms with van der Waals surface area (Å²) in [5, 5.41) is 0. The van der Waals surface area contributed by atoms with Gasteiger partial charge in [-0.25, -0.2) is 4.79 Å². The van der Waals surface area contributed by atoms with Gasteiger partial charge in [0.25, 0.3) is 0 Å². The van der Waals surface area contributed by atoms with Crippen LogP contribution in [0.4, 0.5) is 0 Å². The Labute approximate surface area is 185 Å². The van der Waals surface area contributed by atoms with Gasteiger partial charge in [0.2, 0.25) is 0 Å². The summed E-state index contributed by atoms with van der Waals surface area (Å²) in [6.07, 6.45) is 4.70. The summed E-state index contributed by atoms with van der Waals surface area (Å²) in [6.45, 7) is 3.09. The second-order valence-electron chi connectivity index (χ2n) is 7.80. The minimum atomic E-state index is -0.539. The van der Waals surface area contributed by atoms with E-state index in [1.807, 2.05) is 6.92 Å². The quantitative estimate of drug-likeness (QED) is 0.287. The molecule has 3 nitrogen and oxygen atoms in total. The fourth-order valence-corrected chi connectivity index (χ4v) is 4.71. The molecule has 1 aliphatic heterocycles. The van der Waals surface area contributed by atoms with Crippen LogP contribution in [0.3, 0.4) is 0 Å². The van der Waals surface area contributed by atoms with Gasteiger partial charge in [-0.05, 0) is 42.9 Å². The van der Waals surface area contributed by atoms with Crippen molar-refractivity contribution < 1.29 is 9.53 Å². The number of likely N-dealkylation sites (tertiary alicyclic amines) is 1. The van der Waals surface area contributed by atoms with E-state index >= 15 is 0 Å². The number of esters is 1. The molecule has 0 N–H and O–H groups in total. The van der Waals surface area contributed by atoms with Crippen LogP contribution in [0.1, 0.15) is 42.9 Å². The molecule has 3 heteroatoms. The topological polar surface area (TPSA) is 29.5 Å². The summed E-state index contributed by atoms with van der Waals surface area (Å²) < 4.78 is 5.28. The van der Waals surface area contributed by atoms with E-state index in [1.54, 1.807) is 6.08 Å². The highest BCUT2D eigenvalue weighted by Crippen LogP contribution is 2.46. The third kappa shape index (κ3) is 4.13. The van der Waals surface area contributed by atoms with Gasteiger partial charge in [0.15, 0.2) is 0 Å². The molecule has 1 fully saturated rings. The Balaban J connectivity index is 2.01. The Morgan fingerprint density at radius 3 is 1.77 bits per heavy atom. The number of hydrogen-bond acceptors (Lipinski definition) is 3. The second kappa shape index (κ2) is 9.65. The van der Waals surface area contributed by atoms with E-state index in [2.05, 4.69) is 95.9 Å². The van der Waals surface area contributed by atoms with Crippen molar-refractivity contribution in [3.8, 4) is 0 Å². The smallest absolute Gasteiger partial charge is 0.332 e. The van der Waals surface area contributed by atoms with Gasteiger partial charge in [-0.15, -0.1) is 0 Å². The number of carbonyl (C=O) groups excluding carboxylic acids is 1. The highest BCUT2D eigenvalue weighted by Gasteiger charge is 2.43. The number of hydrogen-bond donors (Lipinski definition) is 0. The van der Waals surface area contributed by atoms with Gasteiger partial charge >= 0.3 is 5.97 Å². The van der Waals surface area contributed by atoms with Gasteiger partial charge in [-0.1, -0.05) is 91.0 Å². The lowest BCUT2D eigenvalue weighted by Gasteiger charge is -2.49. The van der Waals surface area contributed by atoms with Gasteiger partial charge in [0.1, 0.15) is 5.54 Å². The van der Waals surface area contributed by atoms with E-state index in [-0.39, 0.29) is 5.97 Å². The summed E-state index contributed by atoms with van der Waals surface area (Å²) in [5.41, 5.74) is 4.04. The number of piperidine rings is 1. The molecule has 0 radical (unpaired) electrons. The average molecular weight is 412 g/mol. The molecule has 0 bridgehead atoms. The van der Waals surface area contributed by atoms with Gasteiger partial charge in [-0.2, -0.15) is 0 Å². The fourth-order valence-electron chi connectivity index (χ4n) is 4.71. The minimum Gasteiger partial charge on any atom is -0.463 e. The fraction of sp³-hybridized carbons (Fsp3) is 0.250. The molecule has 1 saturated heterocycles. The predicted octanol–water partition coefficient (Wildman–Crippen LogP) is 5.91. The molecule has 1 aliphatic rings. The van der Waals surface area contributed by atoms with Gasteiger partial charge in [0, 0.05) is 18.3 Å². The Hall–Kier alpha value is -3.33. The standard InChI is InChI=1S/C28H29NO2/c1-2-31-27(30)22-26-20-12-13-21-29(26)28(23-14-6-3-7-15-23,24-16-8-4-9-17-24)25-18-10-5-11-19-25/h3-11,14-19,22H,2,12-13,20-21H2,1H3. The van der Waals surface area contributed by atoms with Crippen molar-refractivity contribution in [2.24, 2.45) is 0 Å². The van der Waals surface area contributed by atoms with Crippen LogP contribution in [-0.4, -0.2) is 24.0 Å². The number of carbonyl (C=O) groups is 1. The van der Waals surface area contributed by atoms with Crippen LogP contribution >= 0.6 is 0 Å². The molecule has 0 amide bonds. The zero-order chi connectivity index (χ0) is 21.5. The van der Waals surface area contributed by atoms with Crippen molar-refractivity contribution in [2.75, 3.05) is 13.2 Å². The highest BCUT2D eigenvalue weighted by molar-refractivity contribution is 5.82. The molecule has 0 aromatic heterocycles. The lowest BCUT2D eigenvalue weighted by molar-refractivity contribution is -0.137. The lowest BCUT2D eigenvalue weighted by Crippen LogP contribution is -2.49. The number of ether oxygens (including phenoxy) is 1. The van der Waals surface area contributed by atoms with Crippen LogP contribution in [-0.2, 0) is 15.1 Å². The average Bonchev–Trinajstić information content (AvgIpc) is 2.83. The normalized spacial score (nSPS) is 15.6. The Kier molecular flexibility index (Phi) is 6.51. The predicted molar refractivity (Wildman–Crippen MR) is 124 cm³/mol. The first-order valence-corrected chi connectivity index (χ1v) is 11.1. The third-order valence-corrected chi connectivity index (χ3v) is 5.96. The van der Waals surface area contributed by atoms with E-state index in [0.29, 0.717) is 6.61 Å². The van der Waals surface area contributed by atoms with E-state index in [4.69, 9.17) is 4.74 Å². The zero-order valence-electron chi connectivity index (χ0n) is 18.0. The number of allylic oxidation sites excluding steroid dienone is 1. The number of rotatable bonds is 6. The van der Waals surface area contributed by atoms with Crippen molar-refractivity contribution in [1.82, 2.24) is 4.90 Å². The van der Waals surface area contributed by atoms with Crippen LogP contribution in [0.5, 0.6) is 0 Å². The maximum atomic E-state index is 12.5. The third-order valence-electron chi connectivity index (χ3n) is 5.96. The maximum Gasteiger partial charge on any atom is 0.332 e. The summed E-state index contributed by atoms with van der Waals surface area (Å²) in [6, 6.07) is 31.9. The molecule has 0 spiro atoms. The van der Waals surface area contributed by atoms with Crippen molar-refractivity contribution in [3.05, 3.63) is 119 Å². The Morgan fingerprint density at radius 1 is 0.839 bits per heavy atom. The molecule has 3 aromatic rings. The van der Waals surface area contributed by atoms with Crippen LogP contribution in [0, 0.1) is 0 Å². The van der Waals surface area contributed by atoms with Crippen molar-refractivity contribution in [1.29, 1.82) is 0 Å². The monoisotopic (exact) mass is 411 g/mol. The van der Waals surface area contributed by atoms with Crippen LogP contribution in [0.25, 0.3) is 0 Å². The molecule has 4 rings (SSSR count). The molecule has 31 heavy (non-hydrogen) atoms. The first-order chi connectivity index (χ1) is 15.3. The second-order valence-corrected chi connectivity index (χ2v) is 7.80. The summed E-state index contributed by atoms with van der Waals surface area (Å²) in [7, 11) is 0. The summed E-state index contributed by atoms with van der Waals surface area (Å²) in [4.78, 5) is 14.9. The van der Waals surface area contributed by atoms with E-state index in [1.165, 1.54) is 16.7 Å². The molecular formula is C28H29NO2. The van der Waals surface area contributed by atoms with Crippen LogP contribution < -0.4 is 0 Å². The molecule has 0 aliphatic carbocycles.